The summed E-state index contributed by atoms with van der Waals surface area (Å²) < 4.78 is 59.4. The van der Waals surface area contributed by atoms with Crippen LogP contribution in [0.25, 0.3) is 0 Å². The first-order chi connectivity index (χ1) is 31.2. The van der Waals surface area contributed by atoms with Crippen molar-refractivity contribution in [1.29, 1.82) is 0 Å². The van der Waals surface area contributed by atoms with E-state index in [1.807, 2.05) is 182 Å². The van der Waals surface area contributed by atoms with Crippen molar-refractivity contribution in [2.24, 2.45) is 0 Å². The van der Waals surface area contributed by atoms with Crippen LogP contribution in [-0.4, -0.2) is 73.6 Å². The highest BCUT2D eigenvalue weighted by Gasteiger charge is 2.51. The van der Waals surface area contributed by atoms with E-state index in [-0.39, 0.29) is 33.0 Å². The van der Waals surface area contributed by atoms with Gasteiger partial charge in [0.05, 0.1) is 52.9 Å². The van der Waals surface area contributed by atoms with E-state index in [1.165, 1.54) is 0 Å². The number of aliphatic hydroxyl groups excluding tert-OH is 1. The van der Waals surface area contributed by atoms with Crippen molar-refractivity contribution in [3.8, 4) is 0 Å². The third-order valence-corrected chi connectivity index (χ3v) is 11.1. The van der Waals surface area contributed by atoms with Crippen molar-refractivity contribution in [3.63, 3.8) is 0 Å². The Kier molecular flexibility index (Phi) is 16.7. The second kappa shape index (κ2) is 23.6. The van der Waals surface area contributed by atoms with Gasteiger partial charge >= 0.3 is 0 Å². The van der Waals surface area contributed by atoms with Crippen LogP contribution in [0.2, 0.25) is 0 Å². The van der Waals surface area contributed by atoms with E-state index < -0.39 is 55.3 Å². The molecule has 2 heterocycles. The zero-order valence-electron chi connectivity index (χ0n) is 35.3. The van der Waals surface area contributed by atoms with E-state index in [9.17, 15) is 5.11 Å². The average Bonchev–Trinajstić information content (AvgIpc) is 3.67. The van der Waals surface area contributed by atoms with Gasteiger partial charge in [0.2, 0.25) is 0 Å². The largest absolute Gasteiger partial charge is 0.374 e. The lowest BCUT2D eigenvalue weighted by molar-refractivity contribution is -0.323. The Balaban J connectivity index is 1.05. The fourth-order valence-corrected chi connectivity index (χ4v) is 7.83. The van der Waals surface area contributed by atoms with Crippen LogP contribution in [0.3, 0.4) is 0 Å². The van der Waals surface area contributed by atoms with Gasteiger partial charge in [-0.25, -0.2) is 0 Å². The molecule has 6 aromatic carbocycles. The second-order valence-corrected chi connectivity index (χ2v) is 15.7. The molecule has 10 heteroatoms. The number of aliphatic hydroxyl groups is 1. The molecule has 2 aliphatic heterocycles. The molecule has 0 aromatic heterocycles. The molecule has 328 valence electrons. The topological polar surface area (TPSA) is 103 Å². The third-order valence-electron chi connectivity index (χ3n) is 11.1. The van der Waals surface area contributed by atoms with Gasteiger partial charge in [-0.15, -0.1) is 0 Å². The maximum Gasteiger partial charge on any atom is 0.187 e. The molecule has 8 rings (SSSR count). The normalized spacial score (nSPS) is 24.6. The molecule has 10 nitrogen and oxygen atoms in total. The Morgan fingerprint density at radius 3 is 1.05 bits per heavy atom. The maximum atomic E-state index is 11.8. The first-order valence-electron chi connectivity index (χ1n) is 21.7. The first-order valence-corrected chi connectivity index (χ1v) is 21.7. The molecular weight excluding hydrogens is 797 g/mol. The molecule has 0 bridgehead atoms. The van der Waals surface area contributed by atoms with E-state index in [0.29, 0.717) is 19.8 Å². The monoisotopic (exact) mass is 852 g/mol. The Morgan fingerprint density at radius 2 is 0.635 bits per heavy atom. The van der Waals surface area contributed by atoms with Crippen molar-refractivity contribution >= 4 is 0 Å². The maximum absolute atomic E-state index is 11.8. The van der Waals surface area contributed by atoms with Crippen LogP contribution in [0, 0.1) is 0 Å². The van der Waals surface area contributed by atoms with Crippen molar-refractivity contribution in [3.05, 3.63) is 215 Å². The number of benzene rings is 6. The van der Waals surface area contributed by atoms with Gasteiger partial charge in [0, 0.05) is 0 Å². The zero-order chi connectivity index (χ0) is 42.9. The van der Waals surface area contributed by atoms with Gasteiger partial charge in [-0.1, -0.05) is 182 Å². The summed E-state index contributed by atoms with van der Waals surface area (Å²) in [4.78, 5) is 0. The number of ether oxygens (including phenoxy) is 9. The van der Waals surface area contributed by atoms with Crippen molar-refractivity contribution < 1.29 is 47.7 Å². The minimum atomic E-state index is -1.37. The zero-order valence-corrected chi connectivity index (χ0v) is 35.3. The molecule has 2 aliphatic rings. The highest BCUT2D eigenvalue weighted by atomic mass is 16.7. The van der Waals surface area contributed by atoms with E-state index in [4.69, 9.17) is 42.6 Å². The lowest BCUT2D eigenvalue weighted by atomic mass is 9.98. The van der Waals surface area contributed by atoms with Gasteiger partial charge in [-0.3, -0.25) is 0 Å². The predicted octanol–water partition coefficient (Wildman–Crippen LogP) is 8.59. The number of hydrogen-bond donors (Lipinski definition) is 1. The molecule has 1 N–H and O–H groups in total. The summed E-state index contributed by atoms with van der Waals surface area (Å²) in [7, 11) is 0. The molecule has 0 saturated carbocycles. The van der Waals surface area contributed by atoms with Crippen LogP contribution in [0.1, 0.15) is 33.4 Å². The lowest BCUT2D eigenvalue weighted by Crippen LogP contribution is -2.61. The summed E-state index contributed by atoms with van der Waals surface area (Å²) in [5, 5.41) is 11.8. The van der Waals surface area contributed by atoms with Crippen molar-refractivity contribution in [2.75, 3.05) is 13.2 Å². The highest BCUT2D eigenvalue weighted by molar-refractivity contribution is 5.18. The van der Waals surface area contributed by atoms with E-state index in [0.717, 1.165) is 33.4 Å². The molecule has 0 spiro atoms. The van der Waals surface area contributed by atoms with Crippen LogP contribution in [-0.2, 0) is 82.3 Å². The standard InChI is InChI=1S/C53H56O10/c54-52-50(59-35-43-27-15-5-16-28-43)49(58-34-42-25-13-4-14-26-42)47(56-32-40-21-9-2-10-22-40)46(62-52)38-61-53-51(60-36-44-29-17-6-18-30-44)48(57-33-41-23-11-3-12-24-41)45(63-53)37-55-31-39-19-7-1-8-20-39/h1-30,45-54H,31-38H2/t45-,46-,47-,48-,49+,50+,51+,52+,53+/m1/s1. The summed E-state index contributed by atoms with van der Waals surface area (Å²) in [5.41, 5.74) is 5.94. The highest BCUT2D eigenvalue weighted by Crippen LogP contribution is 2.33. The fraction of sp³-hybridized carbons (Fsp3) is 0.321. The molecule has 9 atom stereocenters. The van der Waals surface area contributed by atoms with Gasteiger partial charge in [-0.05, 0) is 33.4 Å². The summed E-state index contributed by atoms with van der Waals surface area (Å²) in [6, 6.07) is 59.6. The molecule has 0 radical (unpaired) electrons. The Hall–Kier alpha value is -5.08. The van der Waals surface area contributed by atoms with Gasteiger partial charge in [0.1, 0.15) is 42.7 Å². The molecule has 0 amide bonds. The summed E-state index contributed by atoms with van der Waals surface area (Å²) in [6.45, 7) is 1.99. The Morgan fingerprint density at radius 1 is 0.317 bits per heavy atom. The number of hydrogen-bond acceptors (Lipinski definition) is 10. The molecule has 0 aliphatic carbocycles. The smallest absolute Gasteiger partial charge is 0.187 e. The van der Waals surface area contributed by atoms with Crippen molar-refractivity contribution in [1.82, 2.24) is 0 Å². The molecule has 6 aromatic rings. The Labute approximate surface area is 370 Å². The summed E-state index contributed by atoms with van der Waals surface area (Å²) in [6.07, 6.45) is -7.22. The van der Waals surface area contributed by atoms with Gasteiger partial charge < -0.3 is 47.7 Å². The first kappa shape index (κ1) is 44.5. The average molecular weight is 853 g/mol. The van der Waals surface area contributed by atoms with Crippen molar-refractivity contribution in [2.45, 2.75) is 94.9 Å². The summed E-state index contributed by atoms with van der Waals surface area (Å²) in [5.74, 6) is 0. The van der Waals surface area contributed by atoms with Gasteiger partial charge in [0.15, 0.2) is 12.6 Å². The second-order valence-electron chi connectivity index (χ2n) is 15.7. The van der Waals surface area contributed by atoms with Crippen LogP contribution in [0.15, 0.2) is 182 Å². The van der Waals surface area contributed by atoms with Crippen LogP contribution in [0.4, 0.5) is 0 Å². The molecular formula is C53H56O10. The van der Waals surface area contributed by atoms with Gasteiger partial charge in [0.25, 0.3) is 0 Å². The SMILES string of the molecule is O[C@H]1O[C@H](CO[C@H]2O[C@H](COCc3ccccc3)[C@@H](OCc3ccccc3)[C@@H]2OCc2ccccc2)[C@@H](OCc2ccccc2)[C@H](OCc2ccccc2)[C@@H]1OCc1ccccc1. The summed E-state index contributed by atoms with van der Waals surface area (Å²) >= 11 is 0. The van der Waals surface area contributed by atoms with E-state index in [2.05, 4.69) is 0 Å². The minimum Gasteiger partial charge on any atom is -0.374 e. The van der Waals surface area contributed by atoms with Crippen LogP contribution >= 0.6 is 0 Å². The van der Waals surface area contributed by atoms with Gasteiger partial charge in [-0.2, -0.15) is 0 Å². The van der Waals surface area contributed by atoms with Crippen LogP contribution < -0.4 is 0 Å². The lowest BCUT2D eigenvalue weighted by Gasteiger charge is -2.44. The van der Waals surface area contributed by atoms with E-state index in [1.54, 1.807) is 0 Å². The minimum absolute atomic E-state index is 0.0357. The third kappa shape index (κ3) is 13.0. The number of rotatable bonds is 22. The molecule has 2 saturated heterocycles. The van der Waals surface area contributed by atoms with Crippen LogP contribution in [0.5, 0.6) is 0 Å². The fourth-order valence-electron chi connectivity index (χ4n) is 7.83. The quantitative estimate of drug-likeness (QED) is 0.0715. The predicted molar refractivity (Wildman–Crippen MR) is 237 cm³/mol. The van der Waals surface area contributed by atoms with E-state index >= 15 is 0 Å². The molecule has 0 unspecified atom stereocenters. The molecule has 63 heavy (non-hydrogen) atoms. The Bertz CT molecular complexity index is 2150. The molecule has 2 fully saturated rings.